The first kappa shape index (κ1) is 23.2. The third-order valence-corrected chi connectivity index (χ3v) is 5.54. The summed E-state index contributed by atoms with van der Waals surface area (Å²) in [5, 5.41) is 0. The normalized spacial score (nSPS) is 15.1. The molecule has 0 aromatic heterocycles. The van der Waals surface area contributed by atoms with Crippen molar-refractivity contribution in [2.45, 2.75) is 39.5 Å². The van der Waals surface area contributed by atoms with Crippen LogP contribution in [0.25, 0.3) is 6.08 Å². The highest BCUT2D eigenvalue weighted by atomic mass is 32.2. The van der Waals surface area contributed by atoms with Crippen molar-refractivity contribution in [3.63, 3.8) is 0 Å². The molecule has 0 radical (unpaired) electrons. The number of methoxy groups -OCH3 is 1. The first-order valence-corrected chi connectivity index (χ1v) is 10.9. The summed E-state index contributed by atoms with van der Waals surface area (Å²) in [6.45, 7) is 4.93. The van der Waals surface area contributed by atoms with Crippen LogP contribution in [0.15, 0.2) is 23.1 Å². The zero-order valence-electron chi connectivity index (χ0n) is 17.1. The van der Waals surface area contributed by atoms with Crippen LogP contribution < -0.4 is 9.47 Å². The van der Waals surface area contributed by atoms with Gasteiger partial charge in [0.25, 0.3) is 5.91 Å². The van der Waals surface area contributed by atoms with Crippen molar-refractivity contribution in [2.24, 2.45) is 0 Å². The molecule has 1 aromatic carbocycles. The summed E-state index contributed by atoms with van der Waals surface area (Å²) in [7, 11) is 1.58. The maximum absolute atomic E-state index is 12.7. The fourth-order valence-corrected chi connectivity index (χ4v) is 3.77. The van der Waals surface area contributed by atoms with E-state index in [0.29, 0.717) is 33.9 Å². The second kappa shape index (κ2) is 11.8. The topological polar surface area (TPSA) is 65.1 Å². The molecule has 0 saturated carbocycles. The van der Waals surface area contributed by atoms with E-state index in [0.717, 1.165) is 31.2 Å². The van der Waals surface area contributed by atoms with Crippen LogP contribution in [-0.2, 0) is 14.3 Å². The Kier molecular flexibility index (Phi) is 9.47. The lowest BCUT2D eigenvalue weighted by Crippen LogP contribution is -2.34. The molecule has 0 spiro atoms. The van der Waals surface area contributed by atoms with Gasteiger partial charge in [-0.25, -0.2) is 0 Å². The number of nitrogens with zero attached hydrogens (tertiary/aromatic N) is 1. The van der Waals surface area contributed by atoms with Crippen LogP contribution in [0.2, 0.25) is 0 Å². The Morgan fingerprint density at radius 1 is 1.17 bits per heavy atom. The molecule has 29 heavy (non-hydrogen) atoms. The number of unbranched alkanes of at least 4 members (excludes halogenated alkanes) is 2. The molecule has 2 rings (SSSR count). The second-order valence-corrected chi connectivity index (χ2v) is 8.13. The van der Waals surface area contributed by atoms with Gasteiger partial charge in [0.2, 0.25) is 0 Å². The van der Waals surface area contributed by atoms with E-state index < -0.39 is 5.97 Å². The van der Waals surface area contributed by atoms with Crippen molar-refractivity contribution in [3.05, 3.63) is 28.7 Å². The number of carbonyl (C=O) groups is 2. The number of thiocarbonyl (C=S) groups is 1. The maximum Gasteiger partial charge on any atom is 0.326 e. The summed E-state index contributed by atoms with van der Waals surface area (Å²) in [6.07, 6.45) is 5.48. The predicted octanol–water partition coefficient (Wildman–Crippen LogP) is 4.42. The van der Waals surface area contributed by atoms with Gasteiger partial charge in [-0.2, -0.15) is 0 Å². The Balaban J connectivity index is 2.07. The molecule has 0 atom stereocenters. The average Bonchev–Trinajstić information content (AvgIpc) is 2.96. The summed E-state index contributed by atoms with van der Waals surface area (Å²) >= 11 is 6.44. The Morgan fingerprint density at radius 3 is 2.59 bits per heavy atom. The van der Waals surface area contributed by atoms with Gasteiger partial charge < -0.3 is 14.2 Å². The minimum Gasteiger partial charge on any atom is -0.493 e. The van der Waals surface area contributed by atoms with Crippen LogP contribution in [-0.4, -0.2) is 48.0 Å². The highest BCUT2D eigenvalue weighted by molar-refractivity contribution is 8.26. The largest absolute Gasteiger partial charge is 0.493 e. The molecule has 0 aliphatic carbocycles. The van der Waals surface area contributed by atoms with E-state index in [4.69, 9.17) is 26.4 Å². The highest BCUT2D eigenvalue weighted by Crippen LogP contribution is 2.34. The van der Waals surface area contributed by atoms with Gasteiger partial charge >= 0.3 is 5.97 Å². The fraction of sp³-hybridized carbons (Fsp3) is 0.476. The van der Waals surface area contributed by atoms with Crippen molar-refractivity contribution >= 4 is 46.3 Å². The number of thioether (sulfide) groups is 1. The highest BCUT2D eigenvalue weighted by Gasteiger charge is 2.33. The Bertz CT molecular complexity index is 778. The summed E-state index contributed by atoms with van der Waals surface area (Å²) in [6, 6.07) is 5.49. The minimum atomic E-state index is -0.453. The van der Waals surface area contributed by atoms with E-state index in [1.165, 1.54) is 16.7 Å². The SMILES string of the molecule is CCCCOC(=O)CN1C(=O)/C(=C/c2ccc(OCCCC)c(OC)c2)SC1=S. The first-order chi connectivity index (χ1) is 14.0. The van der Waals surface area contributed by atoms with E-state index in [1.807, 2.05) is 25.1 Å². The Hall–Kier alpha value is -2.06. The zero-order chi connectivity index (χ0) is 21.2. The van der Waals surface area contributed by atoms with E-state index in [1.54, 1.807) is 13.2 Å². The molecule has 0 N–H and O–H groups in total. The molecule has 0 unspecified atom stereocenters. The molecule has 1 aliphatic heterocycles. The van der Waals surface area contributed by atoms with Crippen LogP contribution in [0.3, 0.4) is 0 Å². The molecule has 1 aliphatic rings. The summed E-state index contributed by atoms with van der Waals surface area (Å²) in [5.74, 6) is 0.520. The van der Waals surface area contributed by atoms with Gasteiger partial charge in [0.15, 0.2) is 11.5 Å². The predicted molar refractivity (Wildman–Crippen MR) is 119 cm³/mol. The van der Waals surface area contributed by atoms with Crippen LogP contribution >= 0.6 is 24.0 Å². The summed E-state index contributed by atoms with van der Waals surface area (Å²) in [4.78, 5) is 26.3. The Morgan fingerprint density at radius 2 is 1.90 bits per heavy atom. The molecule has 1 saturated heterocycles. The van der Waals surface area contributed by atoms with Crippen molar-refractivity contribution in [2.75, 3.05) is 26.9 Å². The van der Waals surface area contributed by atoms with Crippen molar-refractivity contribution in [1.82, 2.24) is 4.90 Å². The van der Waals surface area contributed by atoms with Crippen molar-refractivity contribution in [1.29, 1.82) is 0 Å². The lowest BCUT2D eigenvalue weighted by molar-refractivity contribution is -0.146. The molecule has 1 aromatic rings. The van der Waals surface area contributed by atoms with Crippen LogP contribution in [0.1, 0.15) is 45.1 Å². The maximum atomic E-state index is 12.7. The minimum absolute atomic E-state index is 0.167. The van der Waals surface area contributed by atoms with E-state index in [2.05, 4.69) is 6.92 Å². The monoisotopic (exact) mass is 437 g/mol. The third kappa shape index (κ3) is 6.75. The number of esters is 1. The van der Waals surface area contributed by atoms with Crippen molar-refractivity contribution in [3.8, 4) is 11.5 Å². The number of amides is 1. The molecular formula is C21H27NO5S2. The van der Waals surface area contributed by atoms with E-state index in [-0.39, 0.29) is 12.5 Å². The van der Waals surface area contributed by atoms with E-state index in [9.17, 15) is 9.59 Å². The average molecular weight is 438 g/mol. The van der Waals surface area contributed by atoms with E-state index >= 15 is 0 Å². The van der Waals surface area contributed by atoms with Gasteiger partial charge in [-0.3, -0.25) is 14.5 Å². The van der Waals surface area contributed by atoms with Crippen LogP contribution in [0, 0.1) is 0 Å². The third-order valence-electron chi connectivity index (χ3n) is 4.16. The quantitative estimate of drug-likeness (QED) is 0.220. The molecule has 8 heteroatoms. The lowest BCUT2D eigenvalue weighted by atomic mass is 10.2. The number of benzene rings is 1. The summed E-state index contributed by atoms with van der Waals surface area (Å²) < 4.78 is 16.6. The lowest BCUT2D eigenvalue weighted by Gasteiger charge is -2.13. The van der Waals surface area contributed by atoms with Gasteiger partial charge in [0, 0.05) is 0 Å². The Labute approximate surface area is 181 Å². The van der Waals surface area contributed by atoms with Gasteiger partial charge in [-0.1, -0.05) is 56.7 Å². The number of hydrogen-bond acceptors (Lipinski definition) is 7. The molecule has 6 nitrogen and oxygen atoms in total. The number of ether oxygens (including phenoxy) is 3. The van der Waals surface area contributed by atoms with Crippen LogP contribution in [0.4, 0.5) is 0 Å². The molecule has 1 amide bonds. The van der Waals surface area contributed by atoms with Gasteiger partial charge in [0.05, 0.1) is 25.2 Å². The number of rotatable bonds is 11. The van der Waals surface area contributed by atoms with Crippen molar-refractivity contribution < 1.29 is 23.8 Å². The standard InChI is InChI=1S/C21H27NO5S2/c1-4-6-10-26-16-9-8-15(12-17(16)25-3)13-18-20(24)22(21(28)29-18)14-19(23)27-11-7-5-2/h8-9,12-13H,4-7,10-11,14H2,1-3H3/b18-13-. The fourth-order valence-electron chi connectivity index (χ4n) is 2.51. The zero-order valence-corrected chi connectivity index (χ0v) is 18.7. The molecule has 158 valence electrons. The number of carbonyl (C=O) groups excluding carboxylic acids is 2. The molecule has 1 heterocycles. The smallest absolute Gasteiger partial charge is 0.326 e. The molecule has 0 bridgehead atoms. The van der Waals surface area contributed by atoms with Gasteiger partial charge in [-0.15, -0.1) is 0 Å². The van der Waals surface area contributed by atoms with Gasteiger partial charge in [0.1, 0.15) is 10.9 Å². The second-order valence-electron chi connectivity index (χ2n) is 6.45. The van der Waals surface area contributed by atoms with Gasteiger partial charge in [-0.05, 0) is 36.6 Å². The first-order valence-electron chi connectivity index (χ1n) is 9.72. The van der Waals surface area contributed by atoms with Crippen LogP contribution in [0.5, 0.6) is 11.5 Å². The number of hydrogen-bond donors (Lipinski definition) is 0. The molecule has 1 fully saturated rings. The summed E-state index contributed by atoms with van der Waals surface area (Å²) in [5.41, 5.74) is 0.788. The molecular weight excluding hydrogens is 410 g/mol.